The van der Waals surface area contributed by atoms with E-state index in [1.165, 1.54) is 11.3 Å². The minimum absolute atomic E-state index is 0.138. The number of aromatic nitrogens is 1. The number of amides is 1. The SMILES string of the molecule is CC(C)(C)C(=O)NC(=S)Nc1ccc(O)c(-c2nc3ccccc3s2)c1. The number of phenolic OH excluding ortho intramolecular Hbond substituents is 1. The van der Waals surface area contributed by atoms with Crippen LogP contribution >= 0.6 is 23.6 Å². The molecule has 0 bridgehead atoms. The van der Waals surface area contributed by atoms with E-state index in [1.807, 2.05) is 45.0 Å². The fourth-order valence-corrected chi connectivity index (χ4v) is 3.43. The van der Waals surface area contributed by atoms with Crippen LogP contribution in [0.1, 0.15) is 20.8 Å². The van der Waals surface area contributed by atoms with Gasteiger partial charge < -0.3 is 15.7 Å². The van der Waals surface area contributed by atoms with E-state index < -0.39 is 5.41 Å². The minimum atomic E-state index is -0.535. The molecule has 0 unspecified atom stereocenters. The monoisotopic (exact) mass is 385 g/mol. The lowest BCUT2D eigenvalue weighted by Crippen LogP contribution is -2.41. The van der Waals surface area contributed by atoms with Gasteiger partial charge in [0.05, 0.1) is 15.8 Å². The molecule has 0 aliphatic carbocycles. The highest BCUT2D eigenvalue weighted by Gasteiger charge is 2.22. The molecule has 1 amide bonds. The first-order valence-electron chi connectivity index (χ1n) is 8.05. The van der Waals surface area contributed by atoms with Gasteiger partial charge in [0.15, 0.2) is 5.11 Å². The number of fused-ring (bicyclic) bond motifs is 1. The topological polar surface area (TPSA) is 74.2 Å². The molecule has 26 heavy (non-hydrogen) atoms. The Kier molecular flexibility index (Phi) is 4.93. The smallest absolute Gasteiger partial charge is 0.231 e. The van der Waals surface area contributed by atoms with Crippen molar-refractivity contribution in [2.45, 2.75) is 20.8 Å². The van der Waals surface area contributed by atoms with Crippen molar-refractivity contribution >= 4 is 50.5 Å². The number of nitrogens with zero attached hydrogens (tertiary/aromatic N) is 1. The summed E-state index contributed by atoms with van der Waals surface area (Å²) in [6.07, 6.45) is 0. The van der Waals surface area contributed by atoms with Crippen molar-refractivity contribution in [3.63, 3.8) is 0 Å². The molecule has 0 aliphatic rings. The molecular formula is C19H19N3O2S2. The molecular weight excluding hydrogens is 366 g/mol. The highest BCUT2D eigenvalue weighted by molar-refractivity contribution is 7.80. The molecule has 1 heterocycles. The normalized spacial score (nSPS) is 11.3. The number of thiocarbonyl (C=S) groups is 1. The zero-order valence-corrected chi connectivity index (χ0v) is 16.3. The van der Waals surface area contributed by atoms with Gasteiger partial charge in [-0.15, -0.1) is 11.3 Å². The average Bonchev–Trinajstić information content (AvgIpc) is 2.99. The van der Waals surface area contributed by atoms with Crippen molar-refractivity contribution in [1.29, 1.82) is 0 Å². The first-order chi connectivity index (χ1) is 12.2. The number of carbonyl (C=O) groups excluding carboxylic acids is 1. The summed E-state index contributed by atoms with van der Waals surface area (Å²) in [5.41, 5.74) is 1.63. The van der Waals surface area contributed by atoms with Crippen LogP contribution in [0.15, 0.2) is 42.5 Å². The highest BCUT2D eigenvalue weighted by atomic mass is 32.1. The molecule has 0 saturated carbocycles. The Morgan fingerprint density at radius 1 is 1.19 bits per heavy atom. The second-order valence-electron chi connectivity index (χ2n) is 6.88. The number of anilines is 1. The van der Waals surface area contributed by atoms with Crippen LogP contribution < -0.4 is 10.6 Å². The number of carbonyl (C=O) groups is 1. The van der Waals surface area contributed by atoms with Gasteiger partial charge in [-0.3, -0.25) is 4.79 Å². The Bertz CT molecular complexity index is 957. The first-order valence-corrected chi connectivity index (χ1v) is 9.28. The third kappa shape index (κ3) is 4.00. The Morgan fingerprint density at radius 2 is 1.92 bits per heavy atom. The van der Waals surface area contributed by atoms with Gasteiger partial charge in [0.25, 0.3) is 0 Å². The molecule has 0 fully saturated rings. The van der Waals surface area contributed by atoms with Crippen LogP contribution in [-0.2, 0) is 4.79 Å². The van der Waals surface area contributed by atoms with Crippen molar-refractivity contribution in [2.24, 2.45) is 5.41 Å². The van der Waals surface area contributed by atoms with Gasteiger partial charge in [0, 0.05) is 11.1 Å². The molecule has 0 spiro atoms. The number of aromatic hydroxyl groups is 1. The van der Waals surface area contributed by atoms with E-state index in [-0.39, 0.29) is 16.8 Å². The fraction of sp³-hybridized carbons (Fsp3) is 0.211. The van der Waals surface area contributed by atoms with Crippen molar-refractivity contribution < 1.29 is 9.90 Å². The number of phenols is 1. The first kappa shape index (κ1) is 18.3. The summed E-state index contributed by atoms with van der Waals surface area (Å²) in [6, 6.07) is 12.9. The van der Waals surface area contributed by atoms with Crippen LogP contribution in [-0.4, -0.2) is 21.1 Å². The van der Waals surface area contributed by atoms with Crippen LogP contribution in [0.4, 0.5) is 5.69 Å². The summed E-state index contributed by atoms with van der Waals surface area (Å²) in [4.78, 5) is 16.6. The lowest BCUT2D eigenvalue weighted by molar-refractivity contribution is -0.126. The lowest BCUT2D eigenvalue weighted by Gasteiger charge is -2.18. The van der Waals surface area contributed by atoms with E-state index in [9.17, 15) is 9.90 Å². The van der Waals surface area contributed by atoms with E-state index in [2.05, 4.69) is 15.6 Å². The third-order valence-corrected chi connectivity index (χ3v) is 4.96. The maximum atomic E-state index is 12.0. The molecule has 134 valence electrons. The van der Waals surface area contributed by atoms with E-state index in [1.54, 1.807) is 18.2 Å². The Balaban J connectivity index is 1.84. The summed E-state index contributed by atoms with van der Waals surface area (Å²) < 4.78 is 1.05. The van der Waals surface area contributed by atoms with Crippen LogP contribution in [0, 0.1) is 5.41 Å². The van der Waals surface area contributed by atoms with Gasteiger partial charge >= 0.3 is 0 Å². The summed E-state index contributed by atoms with van der Waals surface area (Å²) in [6.45, 7) is 5.45. The molecule has 2 aromatic carbocycles. The molecule has 5 nitrogen and oxygen atoms in total. The molecule has 0 atom stereocenters. The van der Waals surface area contributed by atoms with E-state index in [0.717, 1.165) is 15.2 Å². The largest absolute Gasteiger partial charge is 0.507 e. The number of thiazole rings is 1. The maximum absolute atomic E-state index is 12.0. The molecule has 7 heteroatoms. The van der Waals surface area contributed by atoms with Crippen LogP contribution in [0.5, 0.6) is 5.75 Å². The number of benzene rings is 2. The Labute approximate surface area is 161 Å². The summed E-state index contributed by atoms with van der Waals surface area (Å²) in [5, 5.41) is 16.8. The van der Waals surface area contributed by atoms with E-state index >= 15 is 0 Å². The van der Waals surface area contributed by atoms with Gasteiger partial charge in [-0.1, -0.05) is 32.9 Å². The number of hydrogen-bond donors (Lipinski definition) is 3. The van der Waals surface area contributed by atoms with Crippen molar-refractivity contribution in [1.82, 2.24) is 10.3 Å². The Hall–Kier alpha value is -2.51. The van der Waals surface area contributed by atoms with Gasteiger partial charge in [0.2, 0.25) is 5.91 Å². The lowest BCUT2D eigenvalue weighted by atomic mass is 9.96. The molecule has 0 radical (unpaired) electrons. The maximum Gasteiger partial charge on any atom is 0.231 e. The molecule has 3 rings (SSSR count). The summed E-state index contributed by atoms with van der Waals surface area (Å²) >= 11 is 6.71. The number of para-hydroxylation sites is 1. The minimum Gasteiger partial charge on any atom is -0.507 e. The number of rotatable bonds is 2. The van der Waals surface area contributed by atoms with Gasteiger partial charge in [0.1, 0.15) is 10.8 Å². The second kappa shape index (κ2) is 7.01. The predicted molar refractivity (Wildman–Crippen MR) is 111 cm³/mol. The third-order valence-electron chi connectivity index (χ3n) is 3.69. The standard InChI is InChI=1S/C19H19N3O2S2/c1-19(2,3)17(24)22-18(25)20-11-8-9-14(23)12(10-11)16-21-13-6-4-5-7-15(13)26-16/h4-10,23H,1-3H3,(H2,20,22,24,25). The quantitative estimate of drug-likeness (QED) is 0.446. The summed E-state index contributed by atoms with van der Waals surface area (Å²) in [5.74, 6) is -0.0283. The molecule has 0 saturated heterocycles. The second-order valence-corrected chi connectivity index (χ2v) is 8.32. The number of hydrogen-bond acceptors (Lipinski definition) is 5. The van der Waals surface area contributed by atoms with E-state index in [4.69, 9.17) is 12.2 Å². The van der Waals surface area contributed by atoms with Crippen molar-refractivity contribution in [3.05, 3.63) is 42.5 Å². The average molecular weight is 386 g/mol. The molecule has 0 aliphatic heterocycles. The number of nitrogens with one attached hydrogen (secondary N) is 2. The Morgan fingerprint density at radius 3 is 2.62 bits per heavy atom. The van der Waals surface area contributed by atoms with Gasteiger partial charge in [-0.05, 0) is 42.5 Å². The van der Waals surface area contributed by atoms with Gasteiger partial charge in [-0.2, -0.15) is 0 Å². The van der Waals surface area contributed by atoms with Crippen molar-refractivity contribution in [3.8, 4) is 16.3 Å². The van der Waals surface area contributed by atoms with E-state index in [0.29, 0.717) is 11.3 Å². The highest BCUT2D eigenvalue weighted by Crippen LogP contribution is 2.36. The fourth-order valence-electron chi connectivity index (χ4n) is 2.23. The molecule has 1 aromatic heterocycles. The van der Waals surface area contributed by atoms with Crippen LogP contribution in [0.2, 0.25) is 0 Å². The van der Waals surface area contributed by atoms with Gasteiger partial charge in [-0.25, -0.2) is 4.98 Å². The molecule has 3 N–H and O–H groups in total. The zero-order valence-electron chi connectivity index (χ0n) is 14.7. The van der Waals surface area contributed by atoms with Crippen LogP contribution in [0.3, 0.4) is 0 Å². The van der Waals surface area contributed by atoms with Crippen molar-refractivity contribution in [2.75, 3.05) is 5.32 Å². The zero-order chi connectivity index (χ0) is 18.9. The predicted octanol–water partition coefficient (Wildman–Crippen LogP) is 4.53. The summed E-state index contributed by atoms with van der Waals surface area (Å²) in [7, 11) is 0. The van der Waals surface area contributed by atoms with Crippen LogP contribution in [0.25, 0.3) is 20.8 Å². The molecule has 3 aromatic rings.